The van der Waals surface area contributed by atoms with Gasteiger partial charge >= 0.3 is 0 Å². The van der Waals surface area contributed by atoms with Gasteiger partial charge in [-0.1, -0.05) is 17.7 Å². The summed E-state index contributed by atoms with van der Waals surface area (Å²) in [6.45, 7) is 1.84. The van der Waals surface area contributed by atoms with Crippen LogP contribution in [-0.2, 0) is 10.1 Å². The van der Waals surface area contributed by atoms with Crippen LogP contribution in [0.25, 0.3) is 0 Å². The number of nitro benzene ring substituents is 2. The molecule has 2 rings (SSSR count). The van der Waals surface area contributed by atoms with E-state index >= 15 is 0 Å². The summed E-state index contributed by atoms with van der Waals surface area (Å²) in [7, 11) is -4.02. The van der Waals surface area contributed by atoms with Crippen LogP contribution >= 0.6 is 15.9 Å². The Morgan fingerprint density at radius 3 is 2.16 bits per heavy atom. The smallest absolute Gasteiger partial charge is 0.299 e. The van der Waals surface area contributed by atoms with Crippen LogP contribution in [0.15, 0.2) is 50.9 Å². The lowest BCUT2D eigenvalue weighted by Crippen LogP contribution is -2.29. The lowest BCUT2D eigenvalue weighted by Gasteiger charge is -2.06. The first-order chi connectivity index (χ1) is 14.3. The van der Waals surface area contributed by atoms with Crippen molar-refractivity contribution < 1.29 is 28.0 Å². The van der Waals surface area contributed by atoms with Crippen LogP contribution in [0.5, 0.6) is 0 Å². The van der Waals surface area contributed by atoms with Crippen LogP contribution in [0.3, 0.4) is 0 Å². The summed E-state index contributed by atoms with van der Waals surface area (Å²) in [5.41, 5.74) is 4.22. The van der Waals surface area contributed by atoms with Crippen molar-refractivity contribution in [3.05, 3.63) is 72.2 Å². The minimum absolute atomic E-state index is 0.00173. The number of benzene rings is 2. The van der Waals surface area contributed by atoms with Crippen molar-refractivity contribution in [3.63, 3.8) is 0 Å². The fourth-order valence-corrected chi connectivity index (χ4v) is 2.90. The van der Waals surface area contributed by atoms with E-state index in [2.05, 4.69) is 21.0 Å². The van der Waals surface area contributed by atoms with Crippen LogP contribution in [-0.4, -0.2) is 45.4 Å². The molecule has 0 radical (unpaired) electrons. The molecular weight excluding hydrogens is 504 g/mol. The number of hydrazone groups is 1. The summed E-state index contributed by atoms with van der Waals surface area (Å²) in [4.78, 5) is 20.1. The van der Waals surface area contributed by atoms with Crippen molar-refractivity contribution in [1.29, 1.82) is 5.41 Å². The van der Waals surface area contributed by atoms with Crippen molar-refractivity contribution in [2.45, 2.75) is 11.8 Å². The van der Waals surface area contributed by atoms with Gasteiger partial charge in [-0.3, -0.25) is 35.4 Å². The number of nitrogens with zero attached hydrogens (tertiary/aromatic N) is 4. The molecule has 31 heavy (non-hydrogen) atoms. The summed E-state index contributed by atoms with van der Waals surface area (Å²) in [5.74, 6) is -0.860. The molecule has 0 unspecified atom stereocenters. The van der Waals surface area contributed by atoms with Crippen molar-refractivity contribution in [1.82, 2.24) is 5.17 Å². The van der Waals surface area contributed by atoms with E-state index in [1.165, 1.54) is 12.1 Å². The third-order valence-corrected chi connectivity index (χ3v) is 4.86. The molecule has 16 heteroatoms. The molecule has 2 aromatic carbocycles. The fraction of sp³-hybridized carbons (Fsp3) is 0.0667. The van der Waals surface area contributed by atoms with E-state index in [1.54, 1.807) is 12.1 Å². The highest BCUT2D eigenvalue weighted by molar-refractivity contribution is 9.10. The molecule has 0 aromatic heterocycles. The van der Waals surface area contributed by atoms with Gasteiger partial charge < -0.3 is 5.73 Å². The Morgan fingerprint density at radius 2 is 1.74 bits per heavy atom. The average molecular weight is 519 g/mol. The molecule has 0 aliphatic rings. The molecule has 2 aromatic rings. The number of hydroxylamine groups is 1. The molecule has 0 aliphatic carbocycles. The quantitative estimate of drug-likeness (QED) is 0.148. The molecule has 0 spiro atoms. The van der Waals surface area contributed by atoms with Gasteiger partial charge in [0.05, 0.1) is 25.4 Å². The maximum atomic E-state index is 10.9. The van der Waals surface area contributed by atoms with Gasteiger partial charge in [-0.05, 0) is 41.1 Å². The molecule has 0 amide bonds. The number of nitro groups is 2. The zero-order valence-electron chi connectivity index (χ0n) is 15.5. The van der Waals surface area contributed by atoms with Crippen LogP contribution < -0.4 is 5.73 Å². The van der Waals surface area contributed by atoms with Gasteiger partial charge in [0.25, 0.3) is 21.5 Å². The number of aryl methyl sites for hydroxylation is 1. The number of hydrogen-bond acceptors (Lipinski definition) is 9. The fourth-order valence-electron chi connectivity index (χ4n) is 1.93. The Balaban J connectivity index is 0.000000367. The van der Waals surface area contributed by atoms with Gasteiger partial charge in [0.2, 0.25) is 5.96 Å². The monoisotopic (exact) mass is 518 g/mol. The number of nitrogens with two attached hydrogens (primary N) is 1. The van der Waals surface area contributed by atoms with E-state index in [1.807, 2.05) is 6.92 Å². The Morgan fingerprint density at radius 1 is 1.19 bits per heavy atom. The zero-order valence-corrected chi connectivity index (χ0v) is 17.9. The van der Waals surface area contributed by atoms with Crippen LogP contribution in [0.1, 0.15) is 11.1 Å². The summed E-state index contributed by atoms with van der Waals surface area (Å²) < 4.78 is 29.6. The van der Waals surface area contributed by atoms with E-state index in [0.717, 1.165) is 17.7 Å². The third kappa shape index (κ3) is 7.37. The molecule has 0 heterocycles. The van der Waals surface area contributed by atoms with Crippen LogP contribution in [0, 0.1) is 32.6 Å². The second-order valence-corrected chi connectivity index (χ2v) is 7.83. The number of halogens is 1. The molecule has 0 atom stereocenters. The van der Waals surface area contributed by atoms with Crippen molar-refractivity contribution in [2.75, 3.05) is 0 Å². The maximum absolute atomic E-state index is 10.9. The number of nitrogens with one attached hydrogen (secondary N) is 1. The Hall–Kier alpha value is -3.47. The number of hydrogen-bond donors (Lipinski definition) is 4. The summed E-state index contributed by atoms with van der Waals surface area (Å²) in [6, 6.07) is 8.17. The minimum Gasteiger partial charge on any atom is -0.367 e. The van der Waals surface area contributed by atoms with Crippen molar-refractivity contribution in [3.8, 4) is 0 Å². The van der Waals surface area contributed by atoms with Gasteiger partial charge in [-0.2, -0.15) is 13.5 Å². The van der Waals surface area contributed by atoms with E-state index in [-0.39, 0.29) is 14.5 Å². The average Bonchev–Trinajstić information content (AvgIpc) is 2.65. The highest BCUT2D eigenvalue weighted by Gasteiger charge is 2.27. The van der Waals surface area contributed by atoms with Crippen LogP contribution in [0.2, 0.25) is 0 Å². The first-order valence-electron chi connectivity index (χ1n) is 7.78. The lowest BCUT2D eigenvalue weighted by molar-refractivity contribution is -0.394. The topological polar surface area (TPSA) is 226 Å². The molecular formula is C15H15BrN6O8S. The van der Waals surface area contributed by atoms with Gasteiger partial charge in [0.15, 0.2) is 5.56 Å². The van der Waals surface area contributed by atoms with Gasteiger partial charge in [0.1, 0.15) is 0 Å². The molecule has 0 saturated heterocycles. The number of rotatable bonds is 5. The second-order valence-electron chi connectivity index (χ2n) is 5.55. The largest absolute Gasteiger partial charge is 0.367 e. The van der Waals surface area contributed by atoms with Gasteiger partial charge in [-0.25, -0.2) is 0 Å². The Bertz CT molecular complexity index is 1140. The number of guanidine groups is 1. The SMILES string of the molecule is Cc1ccc(S(=O)(=O)O)cc1.N=C(N)N(O)N=Cc1c([N+](=O)[O-])ccc(Br)c1[N+](=O)[O-]. The molecule has 0 saturated carbocycles. The first kappa shape index (κ1) is 25.6. The van der Waals surface area contributed by atoms with E-state index in [4.69, 9.17) is 20.9 Å². The highest BCUT2D eigenvalue weighted by atomic mass is 79.9. The van der Waals surface area contributed by atoms with Gasteiger partial charge in [-0.15, -0.1) is 5.17 Å². The Labute approximate surface area is 183 Å². The van der Waals surface area contributed by atoms with Gasteiger partial charge in [0, 0.05) is 6.07 Å². The van der Waals surface area contributed by atoms with Crippen molar-refractivity contribution in [2.24, 2.45) is 10.8 Å². The normalized spacial score (nSPS) is 10.8. The molecule has 0 bridgehead atoms. The standard InChI is InChI=1S/C8H7BrN6O5.C7H8O3S/c9-5-1-2-6(14(17)18)4(7(5)15(19)20)3-12-13(16)8(10)11;1-6-2-4-7(5-3-6)11(8,9)10/h1-3,16H,(H3,10,11);2-5H,1H3,(H,8,9,10). The van der Waals surface area contributed by atoms with Crippen molar-refractivity contribution >= 4 is 49.6 Å². The minimum atomic E-state index is -4.02. The summed E-state index contributed by atoms with van der Waals surface area (Å²) in [5, 5.41) is 40.8. The van der Waals surface area contributed by atoms with Crippen LogP contribution in [0.4, 0.5) is 11.4 Å². The van der Waals surface area contributed by atoms with E-state index in [9.17, 15) is 28.6 Å². The van der Waals surface area contributed by atoms with E-state index in [0.29, 0.717) is 6.21 Å². The Kier molecular flexibility index (Phi) is 8.68. The predicted molar refractivity (Wildman–Crippen MR) is 112 cm³/mol. The van der Waals surface area contributed by atoms with E-state index < -0.39 is 42.9 Å². The molecule has 166 valence electrons. The lowest BCUT2D eigenvalue weighted by atomic mass is 10.1. The highest BCUT2D eigenvalue weighted by Crippen LogP contribution is 2.34. The third-order valence-electron chi connectivity index (χ3n) is 3.35. The zero-order chi connectivity index (χ0) is 23.9. The molecule has 14 nitrogen and oxygen atoms in total. The summed E-state index contributed by atoms with van der Waals surface area (Å²) in [6.07, 6.45) is 0.669. The second kappa shape index (κ2) is 10.5. The molecule has 0 aliphatic heterocycles. The predicted octanol–water partition coefficient (Wildman–Crippen LogP) is 2.43. The first-order valence-corrected chi connectivity index (χ1v) is 10.0. The summed E-state index contributed by atoms with van der Waals surface area (Å²) >= 11 is 2.90. The maximum Gasteiger partial charge on any atom is 0.299 e. The molecule has 0 fully saturated rings. The molecule has 5 N–H and O–H groups in total.